The Morgan fingerprint density at radius 2 is 2.18 bits per heavy atom. The van der Waals surface area contributed by atoms with Crippen LogP contribution in [0, 0.1) is 5.41 Å². The van der Waals surface area contributed by atoms with Gasteiger partial charge in [0, 0.05) is 31.0 Å². The lowest BCUT2D eigenvalue weighted by atomic mass is 10.1. The molecular formula is C12H19N3O2. The molecule has 5 nitrogen and oxygen atoms in total. The monoisotopic (exact) mass is 237 g/mol. The van der Waals surface area contributed by atoms with Crippen LogP contribution in [0.5, 0.6) is 5.75 Å². The Kier molecular flexibility index (Phi) is 4.78. The second-order valence-electron chi connectivity index (χ2n) is 3.75. The minimum absolute atomic E-state index is 0.0280. The maximum absolute atomic E-state index is 7.50. The number of rotatable bonds is 6. The molecule has 0 saturated carbocycles. The van der Waals surface area contributed by atoms with Crippen molar-refractivity contribution in [1.29, 1.82) is 5.41 Å². The highest BCUT2D eigenvalue weighted by Crippen LogP contribution is 2.22. The summed E-state index contributed by atoms with van der Waals surface area (Å²) in [6, 6.07) is 5.36. The summed E-state index contributed by atoms with van der Waals surface area (Å²) in [4.78, 5) is 0. The SMILES string of the molecule is COc1ccc(C(=N)N)c(NCC(C)OC)c1. The molecule has 0 bridgehead atoms. The van der Waals surface area contributed by atoms with Gasteiger partial charge in [-0.05, 0) is 19.1 Å². The molecule has 0 aromatic heterocycles. The van der Waals surface area contributed by atoms with E-state index in [0.29, 0.717) is 12.1 Å². The fourth-order valence-corrected chi connectivity index (χ4v) is 1.37. The van der Waals surface area contributed by atoms with Crippen LogP contribution >= 0.6 is 0 Å². The highest BCUT2D eigenvalue weighted by molar-refractivity contribution is 6.00. The first-order valence-corrected chi connectivity index (χ1v) is 5.37. The standard InChI is InChI=1S/C12H19N3O2/c1-8(16-2)7-15-11-6-9(17-3)4-5-10(11)12(13)14/h4-6,8,15H,7H2,1-3H3,(H3,13,14). The van der Waals surface area contributed by atoms with Crippen LogP contribution in [0.25, 0.3) is 0 Å². The first kappa shape index (κ1) is 13.3. The molecule has 94 valence electrons. The van der Waals surface area contributed by atoms with Crippen molar-refractivity contribution in [2.45, 2.75) is 13.0 Å². The summed E-state index contributed by atoms with van der Waals surface area (Å²) in [7, 11) is 3.26. The smallest absolute Gasteiger partial charge is 0.124 e. The van der Waals surface area contributed by atoms with Gasteiger partial charge in [0.15, 0.2) is 0 Å². The van der Waals surface area contributed by atoms with Gasteiger partial charge in [-0.1, -0.05) is 0 Å². The van der Waals surface area contributed by atoms with E-state index in [1.54, 1.807) is 26.4 Å². The van der Waals surface area contributed by atoms with Gasteiger partial charge in [-0.25, -0.2) is 0 Å². The van der Waals surface area contributed by atoms with E-state index in [-0.39, 0.29) is 11.9 Å². The van der Waals surface area contributed by atoms with Gasteiger partial charge >= 0.3 is 0 Å². The number of ether oxygens (including phenoxy) is 2. The Morgan fingerprint density at radius 1 is 1.47 bits per heavy atom. The molecule has 4 N–H and O–H groups in total. The van der Waals surface area contributed by atoms with E-state index in [0.717, 1.165) is 11.4 Å². The average molecular weight is 237 g/mol. The van der Waals surface area contributed by atoms with Crippen molar-refractivity contribution in [3.8, 4) is 5.75 Å². The van der Waals surface area contributed by atoms with E-state index >= 15 is 0 Å². The number of nitrogens with two attached hydrogens (primary N) is 1. The molecule has 1 atom stereocenters. The molecule has 0 radical (unpaired) electrons. The van der Waals surface area contributed by atoms with Gasteiger partial charge in [0.25, 0.3) is 0 Å². The summed E-state index contributed by atoms with van der Waals surface area (Å²) in [5, 5.41) is 10.7. The third-order valence-corrected chi connectivity index (χ3v) is 2.50. The molecule has 1 unspecified atom stereocenters. The topological polar surface area (TPSA) is 80.4 Å². The number of hydrogen-bond acceptors (Lipinski definition) is 4. The molecule has 0 saturated heterocycles. The van der Waals surface area contributed by atoms with Crippen LogP contribution in [0.3, 0.4) is 0 Å². The second kappa shape index (κ2) is 6.10. The van der Waals surface area contributed by atoms with Crippen molar-refractivity contribution in [1.82, 2.24) is 0 Å². The lowest BCUT2D eigenvalue weighted by Gasteiger charge is -2.15. The fraction of sp³-hybridized carbons (Fsp3) is 0.417. The quantitative estimate of drug-likeness (QED) is 0.516. The van der Waals surface area contributed by atoms with E-state index in [9.17, 15) is 0 Å². The summed E-state index contributed by atoms with van der Waals surface area (Å²) in [6.07, 6.45) is 0.0843. The van der Waals surface area contributed by atoms with Crippen LogP contribution in [-0.2, 0) is 4.74 Å². The fourth-order valence-electron chi connectivity index (χ4n) is 1.37. The number of hydrogen-bond donors (Lipinski definition) is 3. The molecule has 17 heavy (non-hydrogen) atoms. The molecule has 1 aromatic rings. The first-order chi connectivity index (χ1) is 8.08. The summed E-state index contributed by atoms with van der Waals surface area (Å²) in [6.45, 7) is 2.60. The molecule has 0 amide bonds. The van der Waals surface area contributed by atoms with Crippen molar-refractivity contribution in [3.05, 3.63) is 23.8 Å². The van der Waals surface area contributed by atoms with Gasteiger partial charge in [-0.3, -0.25) is 5.41 Å². The predicted molar refractivity (Wildman–Crippen MR) is 69.0 cm³/mol. The Hall–Kier alpha value is -1.75. The lowest BCUT2D eigenvalue weighted by molar-refractivity contribution is 0.129. The molecule has 1 rings (SSSR count). The maximum atomic E-state index is 7.50. The molecule has 0 spiro atoms. The van der Waals surface area contributed by atoms with E-state index in [1.807, 2.05) is 13.0 Å². The van der Waals surface area contributed by atoms with Gasteiger partial charge in [-0.2, -0.15) is 0 Å². The lowest BCUT2D eigenvalue weighted by Crippen LogP contribution is -2.21. The molecule has 0 heterocycles. The Morgan fingerprint density at radius 3 is 2.71 bits per heavy atom. The van der Waals surface area contributed by atoms with E-state index < -0.39 is 0 Å². The Balaban J connectivity index is 2.89. The van der Waals surface area contributed by atoms with Crippen molar-refractivity contribution >= 4 is 11.5 Å². The molecule has 0 aliphatic carbocycles. The number of methoxy groups -OCH3 is 2. The van der Waals surface area contributed by atoms with Crippen LogP contribution in [0.15, 0.2) is 18.2 Å². The van der Waals surface area contributed by atoms with Crippen LogP contribution in [0.2, 0.25) is 0 Å². The number of anilines is 1. The molecule has 0 aliphatic heterocycles. The molecule has 0 aliphatic rings. The molecule has 5 heteroatoms. The van der Waals surface area contributed by atoms with Gasteiger partial charge < -0.3 is 20.5 Å². The molecule has 1 aromatic carbocycles. The third kappa shape index (κ3) is 3.64. The third-order valence-electron chi connectivity index (χ3n) is 2.50. The normalized spacial score (nSPS) is 11.9. The Labute approximate surface area is 101 Å². The zero-order valence-corrected chi connectivity index (χ0v) is 10.4. The summed E-state index contributed by atoms with van der Waals surface area (Å²) in [5.41, 5.74) is 6.96. The van der Waals surface area contributed by atoms with E-state index in [1.165, 1.54) is 0 Å². The van der Waals surface area contributed by atoms with Crippen LogP contribution in [0.1, 0.15) is 12.5 Å². The average Bonchev–Trinajstić information content (AvgIpc) is 2.35. The number of amidine groups is 1. The summed E-state index contributed by atoms with van der Waals surface area (Å²) in [5.74, 6) is 0.753. The van der Waals surface area contributed by atoms with Gasteiger partial charge in [0.05, 0.1) is 13.2 Å². The summed E-state index contributed by atoms with van der Waals surface area (Å²) >= 11 is 0. The van der Waals surface area contributed by atoms with Crippen molar-refractivity contribution in [2.24, 2.45) is 5.73 Å². The maximum Gasteiger partial charge on any atom is 0.124 e. The van der Waals surface area contributed by atoms with Crippen LogP contribution in [-0.4, -0.2) is 32.7 Å². The van der Waals surface area contributed by atoms with E-state index in [4.69, 9.17) is 20.6 Å². The van der Waals surface area contributed by atoms with Crippen LogP contribution in [0.4, 0.5) is 5.69 Å². The minimum atomic E-state index is 0.0280. The zero-order valence-electron chi connectivity index (χ0n) is 10.4. The van der Waals surface area contributed by atoms with Crippen LogP contribution < -0.4 is 15.8 Å². The Bertz CT molecular complexity index is 393. The van der Waals surface area contributed by atoms with Gasteiger partial charge in [0.2, 0.25) is 0 Å². The summed E-state index contributed by atoms with van der Waals surface area (Å²) < 4.78 is 10.3. The molecular weight excluding hydrogens is 218 g/mol. The highest BCUT2D eigenvalue weighted by Gasteiger charge is 2.08. The second-order valence-corrected chi connectivity index (χ2v) is 3.75. The number of nitrogen functional groups attached to an aromatic ring is 1. The van der Waals surface area contributed by atoms with E-state index in [2.05, 4.69) is 5.32 Å². The largest absolute Gasteiger partial charge is 0.497 e. The number of benzene rings is 1. The van der Waals surface area contributed by atoms with Gasteiger partial charge in [-0.15, -0.1) is 0 Å². The first-order valence-electron chi connectivity index (χ1n) is 5.37. The number of nitrogens with one attached hydrogen (secondary N) is 2. The zero-order chi connectivity index (χ0) is 12.8. The van der Waals surface area contributed by atoms with Crippen molar-refractivity contribution < 1.29 is 9.47 Å². The predicted octanol–water partition coefficient (Wildman–Crippen LogP) is 1.43. The molecule has 0 fully saturated rings. The minimum Gasteiger partial charge on any atom is -0.497 e. The highest BCUT2D eigenvalue weighted by atomic mass is 16.5. The van der Waals surface area contributed by atoms with Crippen molar-refractivity contribution in [2.75, 3.05) is 26.1 Å². The van der Waals surface area contributed by atoms with Crippen molar-refractivity contribution in [3.63, 3.8) is 0 Å². The van der Waals surface area contributed by atoms with Gasteiger partial charge in [0.1, 0.15) is 11.6 Å².